The van der Waals surface area contributed by atoms with Crippen LogP contribution in [-0.4, -0.2) is 30.9 Å². The van der Waals surface area contributed by atoms with Gasteiger partial charge in [0.1, 0.15) is 18.2 Å². The first-order chi connectivity index (χ1) is 17.1. The van der Waals surface area contributed by atoms with Gasteiger partial charge >= 0.3 is 0 Å². The molecule has 36 heavy (non-hydrogen) atoms. The minimum atomic E-state index is -0.578. The summed E-state index contributed by atoms with van der Waals surface area (Å²) in [5.74, 6) is 0.336. The van der Waals surface area contributed by atoms with Crippen molar-refractivity contribution in [2.75, 3.05) is 20.3 Å². The second-order valence-corrected chi connectivity index (χ2v) is 11.2. The van der Waals surface area contributed by atoms with Crippen LogP contribution in [0.1, 0.15) is 43.7 Å². The van der Waals surface area contributed by atoms with Gasteiger partial charge in [-0.15, -0.1) is 0 Å². The van der Waals surface area contributed by atoms with E-state index in [1.165, 1.54) is 0 Å². The Bertz CT molecular complexity index is 1280. The molecule has 0 aromatic heterocycles. The predicted octanol–water partition coefficient (Wildman–Crippen LogP) is 6.06. The number of carbonyl (C=O) groups is 1. The topological polar surface area (TPSA) is 88.6 Å². The van der Waals surface area contributed by atoms with Crippen LogP contribution in [0, 0.1) is 16.7 Å². The number of methoxy groups -OCH3 is 1. The van der Waals surface area contributed by atoms with E-state index < -0.39 is 5.92 Å². The van der Waals surface area contributed by atoms with Crippen LogP contribution in [0.5, 0.6) is 5.75 Å². The van der Waals surface area contributed by atoms with Crippen molar-refractivity contribution in [3.63, 3.8) is 0 Å². The van der Waals surface area contributed by atoms with Crippen LogP contribution in [0.3, 0.4) is 0 Å². The van der Waals surface area contributed by atoms with Crippen LogP contribution in [-0.2, 0) is 16.1 Å². The quantitative estimate of drug-likeness (QED) is 0.435. The highest BCUT2D eigenvalue weighted by atomic mass is 79.9. The highest BCUT2D eigenvalue weighted by Gasteiger charge is 2.44. The van der Waals surface area contributed by atoms with Crippen molar-refractivity contribution in [3.05, 3.63) is 85.8 Å². The summed E-state index contributed by atoms with van der Waals surface area (Å²) in [5, 5.41) is 10.5. The fraction of sp³-hybridized carbons (Fsp3) is 0.357. The molecule has 2 N–H and O–H groups in total. The lowest BCUT2D eigenvalue weighted by Crippen LogP contribution is -2.43. The number of rotatable bonds is 7. The number of ketones is 1. The summed E-state index contributed by atoms with van der Waals surface area (Å²) in [6, 6.07) is 15.6. The maximum Gasteiger partial charge on any atom is 0.162 e. The standard InChI is InChI=1S/C28H29BrClN3O3/c1-28(2)13-22-26(23(34)14-28)25(20(15-31)27(32)33(22)10-11-35-3)18-6-9-24(21(30)12-18)36-16-17-4-7-19(29)8-5-17/h4-9,12,25H,10-11,13-14,16,32H2,1-3H3/t25-/m1/s1. The Labute approximate surface area is 225 Å². The molecule has 6 nitrogen and oxygen atoms in total. The number of carbonyl (C=O) groups excluding carboxylic acids is 1. The minimum absolute atomic E-state index is 0.0283. The monoisotopic (exact) mass is 569 g/mol. The van der Waals surface area contributed by atoms with Gasteiger partial charge < -0.3 is 20.1 Å². The van der Waals surface area contributed by atoms with Crippen molar-refractivity contribution in [2.45, 2.75) is 39.2 Å². The maximum absolute atomic E-state index is 13.5. The van der Waals surface area contributed by atoms with E-state index in [1.54, 1.807) is 19.2 Å². The summed E-state index contributed by atoms with van der Waals surface area (Å²) in [6.07, 6.45) is 1.08. The lowest BCUT2D eigenvalue weighted by molar-refractivity contribution is -0.118. The zero-order valence-corrected chi connectivity index (χ0v) is 22.9. The van der Waals surface area contributed by atoms with Crippen molar-refractivity contribution in [1.29, 1.82) is 5.26 Å². The highest BCUT2D eigenvalue weighted by Crippen LogP contribution is 2.49. The van der Waals surface area contributed by atoms with Crippen LogP contribution in [0.25, 0.3) is 0 Å². The molecule has 1 atom stereocenters. The van der Waals surface area contributed by atoms with Crippen LogP contribution >= 0.6 is 27.5 Å². The Hall–Kier alpha value is -2.79. The van der Waals surface area contributed by atoms with Crippen LogP contribution in [0.2, 0.25) is 5.02 Å². The van der Waals surface area contributed by atoms with Crippen molar-refractivity contribution in [2.24, 2.45) is 11.1 Å². The molecule has 0 fully saturated rings. The van der Waals surface area contributed by atoms with E-state index in [4.69, 9.17) is 26.8 Å². The number of hydrogen-bond acceptors (Lipinski definition) is 6. The van der Waals surface area contributed by atoms with Gasteiger partial charge in [-0.3, -0.25) is 4.79 Å². The molecule has 188 valence electrons. The number of ether oxygens (including phenoxy) is 2. The Kier molecular flexibility index (Phi) is 7.79. The van der Waals surface area contributed by atoms with E-state index in [0.717, 1.165) is 21.3 Å². The summed E-state index contributed by atoms with van der Waals surface area (Å²) in [5.41, 5.74) is 9.92. The van der Waals surface area contributed by atoms with E-state index in [2.05, 4.69) is 35.8 Å². The fourth-order valence-electron chi connectivity index (χ4n) is 4.90. The van der Waals surface area contributed by atoms with E-state index >= 15 is 0 Å². The summed E-state index contributed by atoms with van der Waals surface area (Å²) >= 11 is 10.1. The molecule has 0 bridgehead atoms. The van der Waals surface area contributed by atoms with Gasteiger partial charge in [-0.25, -0.2) is 0 Å². The number of benzene rings is 2. The molecule has 2 aliphatic rings. The first kappa shape index (κ1) is 26.3. The third kappa shape index (κ3) is 5.31. The van der Waals surface area contributed by atoms with Gasteiger partial charge in [-0.05, 0) is 47.2 Å². The second-order valence-electron chi connectivity index (χ2n) is 9.89. The number of nitrogens with two attached hydrogens (primary N) is 1. The van der Waals surface area contributed by atoms with Gasteiger partial charge in [-0.1, -0.05) is 59.6 Å². The van der Waals surface area contributed by atoms with Gasteiger partial charge in [0.15, 0.2) is 5.78 Å². The van der Waals surface area contributed by atoms with Gasteiger partial charge in [0.2, 0.25) is 0 Å². The number of hydrogen-bond donors (Lipinski definition) is 1. The molecule has 2 aromatic rings. The van der Waals surface area contributed by atoms with Crippen LogP contribution in [0.4, 0.5) is 0 Å². The van der Waals surface area contributed by atoms with Gasteiger partial charge in [0.25, 0.3) is 0 Å². The van der Waals surface area contributed by atoms with Gasteiger partial charge in [0, 0.05) is 35.8 Å². The molecule has 2 aromatic carbocycles. The molecule has 0 spiro atoms. The van der Waals surface area contributed by atoms with Gasteiger partial charge in [-0.2, -0.15) is 5.26 Å². The summed E-state index contributed by atoms with van der Waals surface area (Å²) in [6.45, 7) is 5.40. The molecule has 0 amide bonds. The minimum Gasteiger partial charge on any atom is -0.487 e. The third-order valence-corrected chi connectivity index (χ3v) is 7.43. The first-order valence-corrected chi connectivity index (χ1v) is 12.9. The fourth-order valence-corrected chi connectivity index (χ4v) is 5.41. The Morgan fingerprint density at radius 1 is 1.22 bits per heavy atom. The Balaban J connectivity index is 1.71. The van der Waals surface area contributed by atoms with E-state index in [1.807, 2.05) is 35.2 Å². The molecule has 0 saturated carbocycles. The lowest BCUT2D eigenvalue weighted by atomic mass is 9.68. The molecule has 0 saturated heterocycles. The number of nitriles is 1. The summed E-state index contributed by atoms with van der Waals surface area (Å²) in [7, 11) is 1.62. The van der Waals surface area contributed by atoms with E-state index in [0.29, 0.717) is 60.3 Å². The molecule has 8 heteroatoms. The Morgan fingerprint density at radius 3 is 2.58 bits per heavy atom. The van der Waals surface area contributed by atoms with Crippen LogP contribution < -0.4 is 10.5 Å². The third-order valence-electron chi connectivity index (χ3n) is 6.60. The molecule has 4 rings (SSSR count). The van der Waals surface area contributed by atoms with Gasteiger partial charge in [0.05, 0.1) is 29.2 Å². The molecule has 1 aliphatic heterocycles. The summed E-state index contributed by atoms with van der Waals surface area (Å²) < 4.78 is 12.2. The van der Waals surface area contributed by atoms with Crippen molar-refractivity contribution in [1.82, 2.24) is 4.90 Å². The zero-order valence-electron chi connectivity index (χ0n) is 20.6. The van der Waals surface area contributed by atoms with Crippen molar-refractivity contribution < 1.29 is 14.3 Å². The smallest absolute Gasteiger partial charge is 0.162 e. The zero-order chi connectivity index (χ0) is 26.0. The first-order valence-electron chi connectivity index (χ1n) is 11.7. The largest absolute Gasteiger partial charge is 0.487 e. The molecule has 1 heterocycles. The molecular weight excluding hydrogens is 542 g/mol. The highest BCUT2D eigenvalue weighted by molar-refractivity contribution is 9.10. The van der Waals surface area contributed by atoms with Crippen LogP contribution in [0.15, 0.2) is 69.6 Å². The molecule has 1 aliphatic carbocycles. The lowest BCUT2D eigenvalue weighted by Gasteiger charge is -2.43. The molecule has 0 unspecified atom stereocenters. The molecular formula is C28H29BrClN3O3. The molecule has 0 radical (unpaired) electrons. The van der Waals surface area contributed by atoms with Crippen molar-refractivity contribution in [3.8, 4) is 11.8 Å². The number of nitrogens with zero attached hydrogens (tertiary/aromatic N) is 2. The van der Waals surface area contributed by atoms with E-state index in [9.17, 15) is 10.1 Å². The average molecular weight is 571 g/mol. The summed E-state index contributed by atoms with van der Waals surface area (Å²) in [4.78, 5) is 15.4. The van der Waals surface area contributed by atoms with Crippen molar-refractivity contribution >= 4 is 33.3 Å². The maximum atomic E-state index is 13.5. The predicted molar refractivity (Wildman–Crippen MR) is 143 cm³/mol. The number of Topliss-reactive ketones (excluding diaryl/α,β-unsaturated/α-hetero) is 1. The Morgan fingerprint density at radius 2 is 1.94 bits per heavy atom. The van der Waals surface area contributed by atoms with E-state index in [-0.39, 0.29) is 11.2 Å². The normalized spacial score (nSPS) is 19.3. The average Bonchev–Trinajstić information content (AvgIpc) is 2.82. The number of allylic oxidation sites excluding steroid dienone is 3. The SMILES string of the molecule is COCCN1C(N)=C(C#N)[C@@H](c2ccc(OCc3ccc(Br)cc3)c(Cl)c2)C2=C1CC(C)(C)CC2=O. The number of halogens is 2. The second kappa shape index (κ2) is 10.7.